The first-order valence-electron chi connectivity index (χ1n) is 8.78. The number of aryl methyl sites for hydroxylation is 1. The summed E-state index contributed by atoms with van der Waals surface area (Å²) in [5.74, 6) is -2.24. The summed E-state index contributed by atoms with van der Waals surface area (Å²) in [6.45, 7) is 2.52. The number of hydrogen-bond donors (Lipinski definition) is 3. The van der Waals surface area contributed by atoms with Crippen LogP contribution < -0.4 is 21.3 Å². The van der Waals surface area contributed by atoms with Crippen LogP contribution >= 0.6 is 0 Å². The zero-order valence-electron chi connectivity index (χ0n) is 15.3. The Morgan fingerprint density at radius 1 is 0.964 bits per heavy atom. The lowest BCUT2D eigenvalue weighted by Crippen LogP contribution is -2.29. The molecule has 1 saturated heterocycles. The van der Waals surface area contributed by atoms with Gasteiger partial charge in [0.2, 0.25) is 11.8 Å². The second-order valence-electron chi connectivity index (χ2n) is 6.50. The minimum absolute atomic E-state index is 0.0451. The molecule has 2 aromatic carbocycles. The van der Waals surface area contributed by atoms with Crippen molar-refractivity contribution in [3.05, 3.63) is 53.6 Å². The number of benzene rings is 2. The monoisotopic (exact) mass is 380 g/mol. The van der Waals surface area contributed by atoms with Gasteiger partial charge in [-0.25, -0.2) is 0 Å². The minimum atomic E-state index is -0.855. The van der Waals surface area contributed by atoms with Crippen LogP contribution in [0.4, 0.5) is 17.1 Å². The van der Waals surface area contributed by atoms with Gasteiger partial charge in [-0.2, -0.15) is 0 Å². The second-order valence-corrected chi connectivity index (χ2v) is 6.50. The molecule has 0 aliphatic carbocycles. The largest absolute Gasteiger partial charge is 0.366 e. The molecule has 0 radical (unpaired) electrons. The fraction of sp³-hybridized carbons (Fsp3) is 0.200. The van der Waals surface area contributed by atoms with E-state index in [0.717, 1.165) is 17.7 Å². The lowest BCUT2D eigenvalue weighted by Gasteiger charge is -2.19. The molecular weight excluding hydrogens is 360 g/mol. The first-order valence-corrected chi connectivity index (χ1v) is 8.78. The first kappa shape index (κ1) is 19.1. The third-order valence-electron chi connectivity index (χ3n) is 4.46. The van der Waals surface area contributed by atoms with E-state index in [1.165, 1.54) is 24.3 Å². The molecule has 2 aromatic rings. The van der Waals surface area contributed by atoms with Gasteiger partial charge in [-0.3, -0.25) is 19.2 Å². The van der Waals surface area contributed by atoms with Gasteiger partial charge in [0.05, 0.1) is 0 Å². The molecule has 8 nitrogen and oxygen atoms in total. The average molecular weight is 380 g/mol. The summed E-state index contributed by atoms with van der Waals surface area (Å²) in [5.41, 5.74) is 7.87. The third-order valence-corrected chi connectivity index (χ3v) is 4.46. The highest BCUT2D eigenvalue weighted by atomic mass is 16.2. The predicted molar refractivity (Wildman–Crippen MR) is 105 cm³/mol. The first-order chi connectivity index (χ1) is 13.3. The zero-order valence-corrected chi connectivity index (χ0v) is 15.3. The average Bonchev–Trinajstić information content (AvgIpc) is 3.09. The van der Waals surface area contributed by atoms with Gasteiger partial charge in [-0.1, -0.05) is 6.07 Å². The summed E-state index contributed by atoms with van der Waals surface area (Å²) >= 11 is 0. The van der Waals surface area contributed by atoms with E-state index in [9.17, 15) is 19.2 Å². The van der Waals surface area contributed by atoms with Crippen LogP contribution in [-0.2, 0) is 14.4 Å². The molecule has 0 spiro atoms. The van der Waals surface area contributed by atoms with Crippen molar-refractivity contribution in [3.8, 4) is 0 Å². The summed E-state index contributed by atoms with van der Waals surface area (Å²) in [6.07, 6.45) is 1.30. The van der Waals surface area contributed by atoms with Gasteiger partial charge >= 0.3 is 11.8 Å². The molecule has 0 atom stereocenters. The van der Waals surface area contributed by atoms with E-state index in [1.54, 1.807) is 23.1 Å². The quantitative estimate of drug-likeness (QED) is 0.700. The number of carbonyl (C=O) groups excluding carboxylic acids is 4. The molecule has 1 aliphatic rings. The molecule has 8 heteroatoms. The Labute approximate surface area is 161 Å². The fourth-order valence-electron chi connectivity index (χ4n) is 2.97. The van der Waals surface area contributed by atoms with Gasteiger partial charge in [0.15, 0.2) is 0 Å². The predicted octanol–water partition coefficient (Wildman–Crippen LogP) is 1.80. The van der Waals surface area contributed by atoms with E-state index in [2.05, 4.69) is 10.6 Å². The summed E-state index contributed by atoms with van der Waals surface area (Å²) in [5, 5.41) is 4.98. The van der Waals surface area contributed by atoms with Gasteiger partial charge in [-0.15, -0.1) is 0 Å². The van der Waals surface area contributed by atoms with E-state index in [4.69, 9.17) is 5.73 Å². The summed E-state index contributed by atoms with van der Waals surface area (Å²) < 4.78 is 0. The Hall–Kier alpha value is -3.68. The number of anilines is 3. The minimum Gasteiger partial charge on any atom is -0.366 e. The standard InChI is InChI=1S/C20H20N4O4/c1-12-4-7-15(11-16(12)24-10-2-3-17(24)25)23-20(28)19(27)22-14-8-5-13(6-9-14)18(21)26/h4-9,11H,2-3,10H2,1H3,(H2,21,26)(H,22,27)(H,23,28). The topological polar surface area (TPSA) is 122 Å². The number of hydrogen-bond acceptors (Lipinski definition) is 4. The van der Waals surface area contributed by atoms with Crippen molar-refractivity contribution in [2.45, 2.75) is 19.8 Å². The summed E-state index contributed by atoms with van der Waals surface area (Å²) in [6, 6.07) is 11.0. The molecular formula is C20H20N4O4. The molecule has 1 aliphatic heterocycles. The Bertz CT molecular complexity index is 953. The summed E-state index contributed by atoms with van der Waals surface area (Å²) in [4.78, 5) is 49.0. The maximum absolute atomic E-state index is 12.2. The van der Waals surface area contributed by atoms with Crippen LogP contribution in [0.3, 0.4) is 0 Å². The highest BCUT2D eigenvalue weighted by molar-refractivity contribution is 6.43. The molecule has 4 amide bonds. The lowest BCUT2D eigenvalue weighted by molar-refractivity contribution is -0.132. The van der Waals surface area contributed by atoms with Crippen LogP contribution in [0.25, 0.3) is 0 Å². The highest BCUT2D eigenvalue weighted by Crippen LogP contribution is 2.28. The molecule has 3 rings (SSSR count). The fourth-order valence-corrected chi connectivity index (χ4v) is 2.97. The number of rotatable bonds is 4. The number of nitrogens with zero attached hydrogens (tertiary/aromatic N) is 1. The smallest absolute Gasteiger partial charge is 0.314 e. The second kappa shape index (κ2) is 7.91. The van der Waals surface area contributed by atoms with Crippen molar-refractivity contribution in [1.29, 1.82) is 0 Å². The molecule has 0 unspecified atom stereocenters. The van der Waals surface area contributed by atoms with E-state index in [-0.39, 0.29) is 5.91 Å². The van der Waals surface area contributed by atoms with Gasteiger partial charge in [-0.05, 0) is 55.3 Å². The van der Waals surface area contributed by atoms with E-state index in [1.807, 2.05) is 6.92 Å². The van der Waals surface area contributed by atoms with Crippen LogP contribution in [-0.4, -0.2) is 30.2 Å². The van der Waals surface area contributed by atoms with Crippen LogP contribution in [0.15, 0.2) is 42.5 Å². The molecule has 0 bridgehead atoms. The van der Waals surface area contributed by atoms with Gasteiger partial charge in [0, 0.05) is 35.6 Å². The highest BCUT2D eigenvalue weighted by Gasteiger charge is 2.23. The Morgan fingerprint density at radius 2 is 1.57 bits per heavy atom. The zero-order chi connectivity index (χ0) is 20.3. The Morgan fingerprint density at radius 3 is 2.14 bits per heavy atom. The van der Waals surface area contributed by atoms with Crippen LogP contribution in [0.5, 0.6) is 0 Å². The molecule has 1 fully saturated rings. The molecule has 0 aromatic heterocycles. The normalized spacial score (nSPS) is 13.3. The Kier molecular flexibility index (Phi) is 5.39. The van der Waals surface area contributed by atoms with Crippen molar-refractivity contribution >= 4 is 40.7 Å². The van der Waals surface area contributed by atoms with Crippen LogP contribution in [0, 0.1) is 6.92 Å². The molecule has 1 heterocycles. The van der Waals surface area contributed by atoms with Crippen molar-refractivity contribution in [1.82, 2.24) is 0 Å². The summed E-state index contributed by atoms with van der Waals surface area (Å²) in [7, 11) is 0. The molecule has 4 N–H and O–H groups in total. The number of nitrogens with two attached hydrogens (primary N) is 1. The molecule has 144 valence electrons. The number of carbonyl (C=O) groups is 4. The van der Waals surface area contributed by atoms with Crippen molar-refractivity contribution in [3.63, 3.8) is 0 Å². The van der Waals surface area contributed by atoms with Gasteiger partial charge < -0.3 is 21.3 Å². The lowest BCUT2D eigenvalue weighted by atomic mass is 10.1. The van der Waals surface area contributed by atoms with E-state index in [0.29, 0.717) is 29.9 Å². The Balaban J connectivity index is 1.67. The van der Waals surface area contributed by atoms with Crippen LogP contribution in [0.1, 0.15) is 28.8 Å². The van der Waals surface area contributed by atoms with Crippen molar-refractivity contribution in [2.24, 2.45) is 5.73 Å². The van der Waals surface area contributed by atoms with Gasteiger partial charge in [0.1, 0.15) is 0 Å². The number of nitrogens with one attached hydrogen (secondary N) is 2. The van der Waals surface area contributed by atoms with E-state index >= 15 is 0 Å². The number of primary amides is 1. The van der Waals surface area contributed by atoms with E-state index < -0.39 is 17.7 Å². The number of amides is 4. The van der Waals surface area contributed by atoms with Crippen molar-refractivity contribution < 1.29 is 19.2 Å². The third kappa shape index (κ3) is 4.17. The molecule has 0 saturated carbocycles. The maximum Gasteiger partial charge on any atom is 0.314 e. The maximum atomic E-state index is 12.2. The van der Waals surface area contributed by atoms with Crippen molar-refractivity contribution in [2.75, 3.05) is 22.1 Å². The SMILES string of the molecule is Cc1ccc(NC(=O)C(=O)Nc2ccc(C(N)=O)cc2)cc1N1CCCC1=O. The van der Waals surface area contributed by atoms with Gasteiger partial charge in [0.25, 0.3) is 0 Å². The molecule has 28 heavy (non-hydrogen) atoms. The van der Waals surface area contributed by atoms with Crippen LogP contribution in [0.2, 0.25) is 0 Å².